The summed E-state index contributed by atoms with van der Waals surface area (Å²) in [6.45, 7) is 2.20. The molecule has 0 radical (unpaired) electrons. The van der Waals surface area contributed by atoms with Crippen LogP contribution in [0, 0.1) is 6.92 Å². The minimum atomic E-state index is 0.805. The van der Waals surface area contributed by atoms with Gasteiger partial charge in [0.05, 0.1) is 10.4 Å². The number of fused-ring (bicyclic) bond motifs is 2. The monoisotopic (exact) mass is 532 g/mol. The highest BCUT2D eigenvalue weighted by Gasteiger charge is 2.20. The molecule has 3 heteroatoms. The predicted molar refractivity (Wildman–Crippen MR) is 174 cm³/mol. The molecular formula is C37H28N2S. The number of rotatable bonds is 5. The third kappa shape index (κ3) is 4.12. The Kier molecular flexibility index (Phi) is 6.07. The van der Waals surface area contributed by atoms with Crippen molar-refractivity contribution in [3.8, 4) is 22.3 Å². The summed E-state index contributed by atoms with van der Waals surface area (Å²) in [6, 6.07) is 49.4. The van der Waals surface area contributed by atoms with Crippen LogP contribution in [-0.4, -0.2) is 0 Å². The maximum Gasteiger partial charge on any atom is 0.0640 e. The first kappa shape index (κ1) is 24.2. The van der Waals surface area contributed by atoms with Crippen LogP contribution in [0.5, 0.6) is 0 Å². The van der Waals surface area contributed by atoms with Crippen molar-refractivity contribution in [3.63, 3.8) is 0 Å². The largest absolute Gasteiger partial charge is 0.398 e. The van der Waals surface area contributed by atoms with E-state index in [1.807, 2.05) is 23.5 Å². The molecule has 0 aliphatic carbocycles. The molecule has 0 unspecified atom stereocenters. The summed E-state index contributed by atoms with van der Waals surface area (Å²) in [5.74, 6) is 0. The third-order valence-corrected chi connectivity index (χ3v) is 8.73. The number of nitrogens with zero attached hydrogens (tertiary/aromatic N) is 1. The molecule has 192 valence electrons. The zero-order valence-corrected chi connectivity index (χ0v) is 23.0. The van der Waals surface area contributed by atoms with Crippen LogP contribution < -0.4 is 10.6 Å². The number of nitrogens with two attached hydrogens (primary N) is 1. The van der Waals surface area contributed by atoms with Crippen molar-refractivity contribution in [3.05, 3.63) is 144 Å². The average molecular weight is 533 g/mol. The van der Waals surface area contributed by atoms with Crippen LogP contribution in [-0.2, 0) is 0 Å². The molecule has 40 heavy (non-hydrogen) atoms. The van der Waals surface area contributed by atoms with Crippen LogP contribution in [0.2, 0.25) is 0 Å². The van der Waals surface area contributed by atoms with Crippen LogP contribution in [0.15, 0.2) is 140 Å². The fourth-order valence-corrected chi connectivity index (χ4v) is 6.90. The quantitative estimate of drug-likeness (QED) is 0.223. The van der Waals surface area contributed by atoms with E-state index in [2.05, 4.69) is 139 Å². The van der Waals surface area contributed by atoms with Crippen LogP contribution in [0.1, 0.15) is 4.88 Å². The summed E-state index contributed by atoms with van der Waals surface area (Å²) in [4.78, 5) is 3.63. The van der Waals surface area contributed by atoms with Gasteiger partial charge in [-0.2, -0.15) is 0 Å². The van der Waals surface area contributed by atoms with Gasteiger partial charge in [-0.05, 0) is 65.2 Å². The predicted octanol–water partition coefficient (Wildman–Crippen LogP) is 10.7. The van der Waals surface area contributed by atoms with Gasteiger partial charge in [-0.25, -0.2) is 0 Å². The maximum absolute atomic E-state index is 6.44. The average Bonchev–Trinajstić information content (AvgIpc) is 3.34. The van der Waals surface area contributed by atoms with Gasteiger partial charge in [0.2, 0.25) is 0 Å². The van der Waals surface area contributed by atoms with E-state index in [1.165, 1.54) is 42.4 Å². The Morgan fingerprint density at radius 2 is 1.18 bits per heavy atom. The van der Waals surface area contributed by atoms with Crippen LogP contribution in [0.3, 0.4) is 0 Å². The highest BCUT2D eigenvalue weighted by molar-refractivity contribution is 7.20. The second-order valence-corrected chi connectivity index (χ2v) is 11.2. The molecule has 0 spiro atoms. The molecule has 7 rings (SSSR count). The van der Waals surface area contributed by atoms with Crippen molar-refractivity contribution in [2.45, 2.75) is 6.92 Å². The molecule has 1 heterocycles. The SMILES string of the molecule is Cc1sc2c(N(c3ccccc3)c3ccc(-c4cccc5ccccc45)cc3)cccc2c1-c1ccccc1N. The van der Waals surface area contributed by atoms with Crippen LogP contribution in [0.4, 0.5) is 22.7 Å². The van der Waals surface area contributed by atoms with E-state index < -0.39 is 0 Å². The van der Waals surface area contributed by atoms with Gasteiger partial charge >= 0.3 is 0 Å². The number of benzene rings is 6. The van der Waals surface area contributed by atoms with Gasteiger partial charge in [0.15, 0.2) is 0 Å². The van der Waals surface area contributed by atoms with Gasteiger partial charge in [-0.3, -0.25) is 0 Å². The second kappa shape index (κ2) is 10.0. The van der Waals surface area contributed by atoms with Crippen molar-refractivity contribution in [2.75, 3.05) is 10.6 Å². The fraction of sp³-hybridized carbons (Fsp3) is 0.0270. The lowest BCUT2D eigenvalue weighted by Crippen LogP contribution is -2.09. The molecule has 0 atom stereocenters. The summed E-state index contributed by atoms with van der Waals surface area (Å²) in [6.07, 6.45) is 0. The molecule has 7 aromatic rings. The topological polar surface area (TPSA) is 29.3 Å². The molecule has 2 N–H and O–H groups in total. The van der Waals surface area contributed by atoms with E-state index in [9.17, 15) is 0 Å². The first-order valence-corrected chi connectivity index (χ1v) is 14.3. The van der Waals surface area contributed by atoms with E-state index in [0.717, 1.165) is 28.3 Å². The van der Waals surface area contributed by atoms with Crippen molar-refractivity contribution in [1.29, 1.82) is 0 Å². The number of anilines is 4. The molecule has 0 aliphatic rings. The summed E-state index contributed by atoms with van der Waals surface area (Å²) in [7, 11) is 0. The Balaban J connectivity index is 1.39. The minimum absolute atomic E-state index is 0.805. The molecule has 0 saturated heterocycles. The number of hydrogen-bond acceptors (Lipinski definition) is 3. The second-order valence-electron chi connectivity index (χ2n) is 10.0. The highest BCUT2D eigenvalue weighted by atomic mass is 32.1. The molecule has 0 amide bonds. The van der Waals surface area contributed by atoms with Crippen LogP contribution in [0.25, 0.3) is 43.1 Å². The van der Waals surface area contributed by atoms with E-state index in [1.54, 1.807) is 0 Å². The maximum atomic E-state index is 6.44. The lowest BCUT2D eigenvalue weighted by atomic mass is 9.98. The summed E-state index contributed by atoms with van der Waals surface area (Å²) in [5.41, 5.74) is 15.4. The normalized spacial score (nSPS) is 11.2. The Morgan fingerprint density at radius 3 is 2.00 bits per heavy atom. The number of nitrogen functional groups attached to an aromatic ring is 1. The Labute approximate surface area is 238 Å². The molecule has 2 nitrogen and oxygen atoms in total. The number of aryl methyl sites for hydroxylation is 1. The molecule has 0 aliphatic heterocycles. The van der Waals surface area contributed by atoms with E-state index in [-0.39, 0.29) is 0 Å². The van der Waals surface area contributed by atoms with Gasteiger partial charge in [0, 0.05) is 38.5 Å². The van der Waals surface area contributed by atoms with Crippen molar-refractivity contribution < 1.29 is 0 Å². The standard InChI is InChI=1S/C37H28N2S/c1-25-36(32-16-7-8-19-34(32)38)33-18-10-20-35(37(33)40-25)39(28-13-3-2-4-14-28)29-23-21-27(22-24-29)31-17-9-12-26-11-5-6-15-30(26)31/h2-24H,38H2,1H3. The van der Waals surface area contributed by atoms with Gasteiger partial charge in [-0.15, -0.1) is 11.3 Å². The lowest BCUT2D eigenvalue weighted by Gasteiger charge is -2.26. The van der Waals surface area contributed by atoms with Crippen molar-refractivity contribution in [2.24, 2.45) is 0 Å². The van der Waals surface area contributed by atoms with E-state index >= 15 is 0 Å². The molecule has 0 bridgehead atoms. The summed E-state index contributed by atoms with van der Waals surface area (Å²) >= 11 is 1.83. The fourth-order valence-electron chi connectivity index (χ4n) is 5.73. The lowest BCUT2D eigenvalue weighted by molar-refractivity contribution is 1.30. The molecule has 0 saturated carbocycles. The summed E-state index contributed by atoms with van der Waals surface area (Å²) in [5, 5.41) is 3.75. The first-order chi connectivity index (χ1) is 19.7. The third-order valence-electron chi connectivity index (χ3n) is 7.58. The number of hydrogen-bond donors (Lipinski definition) is 1. The molecular weight excluding hydrogens is 504 g/mol. The first-order valence-electron chi connectivity index (χ1n) is 13.5. The van der Waals surface area contributed by atoms with Crippen molar-refractivity contribution in [1.82, 2.24) is 0 Å². The minimum Gasteiger partial charge on any atom is -0.398 e. The van der Waals surface area contributed by atoms with Crippen molar-refractivity contribution >= 4 is 54.9 Å². The molecule has 6 aromatic carbocycles. The number of thiophene rings is 1. The van der Waals surface area contributed by atoms with Gasteiger partial charge in [0.25, 0.3) is 0 Å². The van der Waals surface area contributed by atoms with Gasteiger partial charge < -0.3 is 10.6 Å². The zero-order chi connectivity index (χ0) is 27.1. The number of para-hydroxylation sites is 2. The Hall–Kier alpha value is -4.86. The molecule has 0 fully saturated rings. The highest BCUT2D eigenvalue weighted by Crippen LogP contribution is 2.47. The zero-order valence-electron chi connectivity index (χ0n) is 22.2. The summed E-state index contributed by atoms with van der Waals surface area (Å²) < 4.78 is 1.25. The Bertz CT molecular complexity index is 1970. The Morgan fingerprint density at radius 1 is 0.550 bits per heavy atom. The van der Waals surface area contributed by atoms with E-state index in [0.29, 0.717) is 0 Å². The van der Waals surface area contributed by atoms with Crippen LogP contribution >= 0.6 is 11.3 Å². The molecule has 1 aromatic heterocycles. The van der Waals surface area contributed by atoms with E-state index in [4.69, 9.17) is 5.73 Å². The van der Waals surface area contributed by atoms with Gasteiger partial charge in [-0.1, -0.05) is 103 Å². The smallest absolute Gasteiger partial charge is 0.0640 e. The van der Waals surface area contributed by atoms with Gasteiger partial charge in [0.1, 0.15) is 0 Å².